The quantitative estimate of drug-likeness (QED) is 0.516. The molecule has 2 amide bonds. The third-order valence-electron chi connectivity index (χ3n) is 3.79. The van der Waals surface area contributed by atoms with Crippen LogP contribution in [0.25, 0.3) is 21.0 Å². The number of carbonyl (C=O) groups is 1. The van der Waals surface area contributed by atoms with Crippen molar-refractivity contribution >= 4 is 49.7 Å². The van der Waals surface area contributed by atoms with Gasteiger partial charge in [0.05, 0.1) is 20.9 Å². The smallest absolute Gasteiger partial charge is 0.308 e. The van der Waals surface area contributed by atoms with Crippen LogP contribution in [0, 0.1) is 6.92 Å². The highest BCUT2D eigenvalue weighted by atomic mass is 32.1. The van der Waals surface area contributed by atoms with Crippen molar-refractivity contribution in [1.82, 2.24) is 4.98 Å². The summed E-state index contributed by atoms with van der Waals surface area (Å²) in [6, 6.07) is 19.3. The largest absolute Gasteiger partial charge is 0.323 e. The number of carbonyl (C=O) groups excluding carboxylic acids is 1. The van der Waals surface area contributed by atoms with Crippen LogP contribution in [0.2, 0.25) is 0 Å². The fraction of sp³-hybridized carbons (Fsp3) is 0.0526. The van der Waals surface area contributed by atoms with E-state index >= 15 is 0 Å². The molecule has 4 nitrogen and oxygen atoms in total. The van der Waals surface area contributed by atoms with Gasteiger partial charge in [-0.3, -0.25) is 0 Å². The first kappa shape index (κ1) is 14.7. The summed E-state index contributed by atoms with van der Waals surface area (Å²) in [5.74, 6) is 0. The Bertz CT molecular complexity index is 1050. The Morgan fingerprint density at radius 2 is 1.83 bits per heavy atom. The third kappa shape index (κ3) is 2.81. The lowest BCUT2D eigenvalue weighted by Crippen LogP contribution is -2.19. The normalized spacial score (nSPS) is 10.9. The fourth-order valence-corrected chi connectivity index (χ4v) is 3.55. The molecule has 5 heteroatoms. The van der Waals surface area contributed by atoms with E-state index in [4.69, 9.17) is 0 Å². The lowest BCUT2D eigenvalue weighted by Gasteiger charge is -2.10. The van der Waals surface area contributed by atoms with Crippen LogP contribution in [0.4, 0.5) is 16.2 Å². The van der Waals surface area contributed by atoms with Crippen molar-refractivity contribution in [3.8, 4) is 0 Å². The second-order valence-corrected chi connectivity index (χ2v) is 6.76. The molecule has 0 aliphatic rings. The van der Waals surface area contributed by atoms with Crippen LogP contribution in [-0.2, 0) is 0 Å². The van der Waals surface area contributed by atoms with E-state index in [2.05, 4.69) is 15.6 Å². The minimum atomic E-state index is -0.266. The lowest BCUT2D eigenvalue weighted by molar-refractivity contribution is 0.262. The topological polar surface area (TPSA) is 54.0 Å². The van der Waals surface area contributed by atoms with Crippen LogP contribution < -0.4 is 10.6 Å². The molecular weight excluding hydrogens is 318 g/mol. The number of aromatic nitrogens is 1. The maximum Gasteiger partial charge on any atom is 0.323 e. The monoisotopic (exact) mass is 333 g/mol. The number of urea groups is 1. The number of hydrogen-bond donors (Lipinski definition) is 2. The highest BCUT2D eigenvalue weighted by Gasteiger charge is 2.07. The molecule has 0 spiro atoms. The van der Waals surface area contributed by atoms with Crippen molar-refractivity contribution in [2.24, 2.45) is 0 Å². The van der Waals surface area contributed by atoms with Gasteiger partial charge in [-0.2, -0.15) is 0 Å². The number of thiazole rings is 1. The van der Waals surface area contributed by atoms with Gasteiger partial charge in [0.15, 0.2) is 0 Å². The van der Waals surface area contributed by atoms with Gasteiger partial charge in [0.25, 0.3) is 0 Å². The number of amides is 2. The average molecular weight is 333 g/mol. The Kier molecular flexibility index (Phi) is 3.63. The summed E-state index contributed by atoms with van der Waals surface area (Å²) in [7, 11) is 0. The Morgan fingerprint density at radius 3 is 2.75 bits per heavy atom. The van der Waals surface area contributed by atoms with E-state index in [1.54, 1.807) is 11.3 Å². The number of anilines is 2. The Balaban J connectivity index is 1.56. The predicted octanol–water partition coefficient (Wildman–Crippen LogP) is 5.40. The summed E-state index contributed by atoms with van der Waals surface area (Å²) < 4.78 is 1.12. The van der Waals surface area contributed by atoms with Crippen molar-refractivity contribution in [3.05, 3.63) is 65.7 Å². The van der Waals surface area contributed by atoms with Gasteiger partial charge < -0.3 is 10.6 Å². The zero-order chi connectivity index (χ0) is 16.5. The maximum absolute atomic E-state index is 12.3. The maximum atomic E-state index is 12.3. The average Bonchev–Trinajstić information content (AvgIpc) is 2.94. The minimum Gasteiger partial charge on any atom is -0.308 e. The highest BCUT2D eigenvalue weighted by Crippen LogP contribution is 2.25. The molecule has 0 saturated heterocycles. The van der Waals surface area contributed by atoms with Crippen molar-refractivity contribution < 1.29 is 4.79 Å². The summed E-state index contributed by atoms with van der Waals surface area (Å²) in [6.07, 6.45) is 0. The van der Waals surface area contributed by atoms with Crippen LogP contribution in [0.1, 0.15) is 5.01 Å². The van der Waals surface area contributed by atoms with Gasteiger partial charge in [-0.1, -0.05) is 36.4 Å². The van der Waals surface area contributed by atoms with Gasteiger partial charge >= 0.3 is 6.03 Å². The summed E-state index contributed by atoms with van der Waals surface area (Å²) in [5, 5.41) is 8.91. The van der Waals surface area contributed by atoms with Crippen LogP contribution >= 0.6 is 11.3 Å². The van der Waals surface area contributed by atoms with Crippen molar-refractivity contribution in [2.75, 3.05) is 10.6 Å². The van der Waals surface area contributed by atoms with Crippen molar-refractivity contribution in [2.45, 2.75) is 6.92 Å². The molecule has 118 valence electrons. The molecule has 4 rings (SSSR count). The van der Waals surface area contributed by atoms with Crippen molar-refractivity contribution in [3.63, 3.8) is 0 Å². The molecule has 0 unspecified atom stereocenters. The molecule has 1 aromatic heterocycles. The van der Waals surface area contributed by atoms with E-state index in [1.807, 2.05) is 67.6 Å². The Morgan fingerprint density at radius 1 is 1.00 bits per heavy atom. The second-order valence-electron chi connectivity index (χ2n) is 5.52. The highest BCUT2D eigenvalue weighted by molar-refractivity contribution is 7.18. The molecule has 2 N–H and O–H groups in total. The van der Waals surface area contributed by atoms with Gasteiger partial charge in [0.2, 0.25) is 0 Å². The van der Waals surface area contributed by atoms with E-state index in [0.29, 0.717) is 0 Å². The summed E-state index contributed by atoms with van der Waals surface area (Å²) >= 11 is 1.64. The zero-order valence-electron chi connectivity index (χ0n) is 13.0. The molecule has 0 aliphatic heterocycles. The molecule has 1 heterocycles. The van der Waals surface area contributed by atoms with Crippen LogP contribution in [0.15, 0.2) is 60.7 Å². The molecule has 0 saturated carbocycles. The van der Waals surface area contributed by atoms with E-state index in [-0.39, 0.29) is 6.03 Å². The lowest BCUT2D eigenvalue weighted by atomic mass is 10.1. The molecule has 4 aromatic rings. The first-order chi connectivity index (χ1) is 11.7. The van der Waals surface area contributed by atoms with Gasteiger partial charge in [0, 0.05) is 11.1 Å². The number of fused-ring (bicyclic) bond motifs is 2. The molecular formula is C19H15N3OS. The SMILES string of the molecule is Cc1nc2cc(NC(=O)Nc3cccc4ccccc34)ccc2s1. The number of rotatable bonds is 2. The molecule has 0 fully saturated rings. The molecule has 24 heavy (non-hydrogen) atoms. The van der Waals surface area contributed by atoms with Gasteiger partial charge in [0.1, 0.15) is 0 Å². The Labute approximate surface area is 143 Å². The van der Waals surface area contributed by atoms with Gasteiger partial charge in [-0.05, 0) is 36.6 Å². The third-order valence-corrected chi connectivity index (χ3v) is 4.74. The van der Waals surface area contributed by atoms with Crippen LogP contribution in [0.3, 0.4) is 0 Å². The molecule has 0 aliphatic carbocycles. The second kappa shape index (κ2) is 5.94. The zero-order valence-corrected chi connectivity index (χ0v) is 13.9. The minimum absolute atomic E-state index is 0.266. The van der Waals surface area contributed by atoms with Crippen LogP contribution in [-0.4, -0.2) is 11.0 Å². The number of aryl methyl sites for hydroxylation is 1. The number of hydrogen-bond acceptors (Lipinski definition) is 3. The van der Waals surface area contributed by atoms with Crippen LogP contribution in [0.5, 0.6) is 0 Å². The van der Waals surface area contributed by atoms with E-state index < -0.39 is 0 Å². The number of nitrogens with one attached hydrogen (secondary N) is 2. The molecule has 0 bridgehead atoms. The number of nitrogens with zero attached hydrogens (tertiary/aromatic N) is 1. The summed E-state index contributed by atoms with van der Waals surface area (Å²) in [4.78, 5) is 16.8. The van der Waals surface area contributed by atoms with Crippen molar-refractivity contribution in [1.29, 1.82) is 0 Å². The molecule has 3 aromatic carbocycles. The van der Waals surface area contributed by atoms with E-state index in [9.17, 15) is 4.79 Å². The van der Waals surface area contributed by atoms with E-state index in [1.165, 1.54) is 0 Å². The summed E-state index contributed by atoms with van der Waals surface area (Å²) in [5.41, 5.74) is 2.42. The Hall–Kier alpha value is -2.92. The van der Waals surface area contributed by atoms with Gasteiger partial charge in [-0.15, -0.1) is 11.3 Å². The molecule has 0 radical (unpaired) electrons. The predicted molar refractivity (Wildman–Crippen MR) is 101 cm³/mol. The first-order valence-electron chi connectivity index (χ1n) is 7.62. The van der Waals surface area contributed by atoms with E-state index in [0.717, 1.165) is 37.4 Å². The standard InChI is InChI=1S/C19H15N3OS/c1-12-20-17-11-14(9-10-18(17)24-12)21-19(23)22-16-8-4-6-13-5-2-3-7-15(13)16/h2-11H,1H3,(H2,21,22,23). The molecule has 0 atom stereocenters. The van der Waals surface area contributed by atoms with Gasteiger partial charge in [-0.25, -0.2) is 9.78 Å². The number of benzene rings is 3. The summed E-state index contributed by atoms with van der Waals surface area (Å²) in [6.45, 7) is 1.98. The fourth-order valence-electron chi connectivity index (χ4n) is 2.74. The first-order valence-corrected chi connectivity index (χ1v) is 8.44.